The number of hydrogen-bond acceptors (Lipinski definition) is 2. The van der Waals surface area contributed by atoms with Gasteiger partial charge in [0.05, 0.1) is 11.6 Å². The van der Waals surface area contributed by atoms with Crippen LogP contribution in [-0.2, 0) is 6.54 Å². The van der Waals surface area contributed by atoms with Crippen LogP contribution in [0.2, 0.25) is 0 Å². The van der Waals surface area contributed by atoms with Gasteiger partial charge in [0, 0.05) is 12.1 Å². The Kier molecular flexibility index (Phi) is 2.93. The van der Waals surface area contributed by atoms with Gasteiger partial charge >= 0.3 is 0 Å². The number of halogens is 2. The summed E-state index contributed by atoms with van der Waals surface area (Å²) in [7, 11) is 0. The van der Waals surface area contributed by atoms with E-state index in [1.165, 1.54) is 18.2 Å². The number of hydrogen-bond donors (Lipinski definition) is 1. The molecule has 0 bridgehead atoms. The minimum absolute atomic E-state index is 0.00190. The Morgan fingerprint density at radius 2 is 2.15 bits per heavy atom. The first-order valence-corrected chi connectivity index (χ1v) is 3.70. The first kappa shape index (κ1) is 9.62. The Morgan fingerprint density at radius 1 is 1.46 bits per heavy atom. The first-order valence-electron chi connectivity index (χ1n) is 3.70. The van der Waals surface area contributed by atoms with E-state index in [1.807, 2.05) is 0 Å². The van der Waals surface area contributed by atoms with E-state index in [0.29, 0.717) is 5.56 Å². The van der Waals surface area contributed by atoms with Gasteiger partial charge in [-0.2, -0.15) is 5.26 Å². The smallest absolute Gasteiger partial charge is 0.265 e. The second-order valence-corrected chi connectivity index (χ2v) is 2.54. The number of rotatable bonds is 2. The normalized spacial score (nSPS) is 10.1. The number of alkyl halides is 2. The fraction of sp³-hybridized carbons (Fsp3) is 0.222. The van der Waals surface area contributed by atoms with E-state index in [1.54, 1.807) is 6.07 Å². The Hall–Kier alpha value is -1.47. The van der Waals surface area contributed by atoms with Crippen LogP contribution in [-0.4, -0.2) is 0 Å². The fourth-order valence-electron chi connectivity index (χ4n) is 1.02. The molecule has 1 rings (SSSR count). The number of benzene rings is 1. The number of nitrogens with zero attached hydrogens (tertiary/aromatic N) is 1. The molecule has 4 heteroatoms. The molecule has 0 aliphatic heterocycles. The van der Waals surface area contributed by atoms with Crippen molar-refractivity contribution >= 4 is 0 Å². The predicted molar refractivity (Wildman–Crippen MR) is 44.0 cm³/mol. The van der Waals surface area contributed by atoms with Crippen LogP contribution < -0.4 is 5.73 Å². The molecule has 1 aromatic rings. The summed E-state index contributed by atoms with van der Waals surface area (Å²) in [4.78, 5) is 0. The van der Waals surface area contributed by atoms with E-state index in [-0.39, 0.29) is 17.7 Å². The third kappa shape index (κ3) is 2.01. The Morgan fingerprint density at radius 3 is 2.62 bits per heavy atom. The lowest BCUT2D eigenvalue weighted by atomic mass is 10.1. The van der Waals surface area contributed by atoms with E-state index in [4.69, 9.17) is 11.0 Å². The van der Waals surface area contributed by atoms with Gasteiger partial charge in [-0.25, -0.2) is 8.78 Å². The van der Waals surface area contributed by atoms with Crippen molar-refractivity contribution in [1.82, 2.24) is 0 Å². The van der Waals surface area contributed by atoms with Crippen LogP contribution in [0, 0.1) is 11.3 Å². The maximum atomic E-state index is 12.3. The Bertz CT molecular complexity index is 342. The molecule has 0 aromatic heterocycles. The molecule has 0 aliphatic rings. The molecule has 2 nitrogen and oxygen atoms in total. The van der Waals surface area contributed by atoms with Gasteiger partial charge in [-0.05, 0) is 11.6 Å². The molecule has 0 aliphatic carbocycles. The highest BCUT2D eigenvalue weighted by atomic mass is 19.3. The third-order valence-corrected chi connectivity index (χ3v) is 1.71. The standard InChI is InChI=1S/C9H8F2N2/c10-9(11)8-2-1-6(4-12)3-7(8)5-13/h1-3,9H,4,12H2. The summed E-state index contributed by atoms with van der Waals surface area (Å²) in [5.41, 5.74) is 5.75. The maximum Gasteiger partial charge on any atom is 0.265 e. The van der Waals surface area contributed by atoms with Crippen LogP contribution >= 0.6 is 0 Å². The van der Waals surface area contributed by atoms with Crippen LogP contribution in [0.25, 0.3) is 0 Å². The monoisotopic (exact) mass is 182 g/mol. The van der Waals surface area contributed by atoms with Gasteiger partial charge in [0.25, 0.3) is 6.43 Å². The van der Waals surface area contributed by atoms with Gasteiger partial charge < -0.3 is 5.73 Å². The summed E-state index contributed by atoms with van der Waals surface area (Å²) in [6.45, 7) is 0.248. The summed E-state index contributed by atoms with van der Waals surface area (Å²) >= 11 is 0. The van der Waals surface area contributed by atoms with E-state index in [2.05, 4.69) is 0 Å². The maximum absolute atomic E-state index is 12.3. The largest absolute Gasteiger partial charge is 0.326 e. The SMILES string of the molecule is N#Cc1cc(CN)ccc1C(F)F. The second-order valence-electron chi connectivity index (χ2n) is 2.54. The van der Waals surface area contributed by atoms with Gasteiger partial charge in [-0.3, -0.25) is 0 Å². The average Bonchev–Trinajstić information content (AvgIpc) is 2.16. The molecule has 0 amide bonds. The van der Waals surface area contributed by atoms with Crippen molar-refractivity contribution in [1.29, 1.82) is 5.26 Å². The molecule has 0 radical (unpaired) electrons. The van der Waals surface area contributed by atoms with E-state index >= 15 is 0 Å². The van der Waals surface area contributed by atoms with Crippen LogP contribution in [0.1, 0.15) is 23.1 Å². The highest BCUT2D eigenvalue weighted by molar-refractivity contribution is 5.41. The van der Waals surface area contributed by atoms with Gasteiger partial charge in [-0.15, -0.1) is 0 Å². The van der Waals surface area contributed by atoms with Gasteiger partial charge in [0.15, 0.2) is 0 Å². The molecular formula is C9H8F2N2. The lowest BCUT2D eigenvalue weighted by Crippen LogP contribution is -1.98. The van der Waals surface area contributed by atoms with Crippen LogP contribution in [0.4, 0.5) is 8.78 Å². The van der Waals surface area contributed by atoms with Crippen LogP contribution in [0.5, 0.6) is 0 Å². The van der Waals surface area contributed by atoms with Crippen molar-refractivity contribution < 1.29 is 8.78 Å². The minimum atomic E-state index is -2.61. The molecule has 0 spiro atoms. The highest BCUT2D eigenvalue weighted by Gasteiger charge is 2.12. The third-order valence-electron chi connectivity index (χ3n) is 1.71. The molecular weight excluding hydrogens is 174 g/mol. The summed E-state index contributed by atoms with van der Waals surface area (Å²) in [5.74, 6) is 0. The first-order chi connectivity index (χ1) is 6.19. The summed E-state index contributed by atoms with van der Waals surface area (Å²) < 4.78 is 24.5. The zero-order valence-corrected chi connectivity index (χ0v) is 6.80. The molecule has 0 saturated carbocycles. The van der Waals surface area contributed by atoms with Crippen molar-refractivity contribution in [2.24, 2.45) is 5.73 Å². The zero-order chi connectivity index (χ0) is 9.84. The van der Waals surface area contributed by atoms with Gasteiger partial charge in [0.2, 0.25) is 0 Å². The summed E-state index contributed by atoms with van der Waals surface area (Å²) in [5, 5.41) is 8.56. The van der Waals surface area contributed by atoms with Crippen molar-refractivity contribution in [2.75, 3.05) is 0 Å². The molecule has 13 heavy (non-hydrogen) atoms. The van der Waals surface area contributed by atoms with E-state index in [9.17, 15) is 8.78 Å². The van der Waals surface area contributed by atoms with E-state index < -0.39 is 6.43 Å². The number of nitrogens with two attached hydrogens (primary N) is 1. The highest BCUT2D eigenvalue weighted by Crippen LogP contribution is 2.23. The van der Waals surface area contributed by atoms with Crippen molar-refractivity contribution in [3.05, 3.63) is 34.9 Å². The Labute approximate surface area is 74.6 Å². The van der Waals surface area contributed by atoms with Gasteiger partial charge in [-0.1, -0.05) is 12.1 Å². The van der Waals surface area contributed by atoms with Crippen molar-refractivity contribution in [2.45, 2.75) is 13.0 Å². The lowest BCUT2D eigenvalue weighted by molar-refractivity contribution is 0.151. The summed E-state index contributed by atoms with van der Waals surface area (Å²) in [6.07, 6.45) is -2.61. The quantitative estimate of drug-likeness (QED) is 0.759. The van der Waals surface area contributed by atoms with Gasteiger partial charge in [0.1, 0.15) is 0 Å². The van der Waals surface area contributed by atoms with Crippen molar-refractivity contribution in [3.63, 3.8) is 0 Å². The summed E-state index contributed by atoms with van der Waals surface area (Å²) in [6, 6.07) is 5.85. The molecule has 1 aromatic carbocycles. The second kappa shape index (κ2) is 3.97. The molecule has 0 heterocycles. The molecule has 2 N–H and O–H groups in total. The Balaban J connectivity index is 3.18. The van der Waals surface area contributed by atoms with E-state index in [0.717, 1.165) is 0 Å². The van der Waals surface area contributed by atoms with Crippen molar-refractivity contribution in [3.8, 4) is 6.07 Å². The van der Waals surface area contributed by atoms with Crippen LogP contribution in [0.3, 0.4) is 0 Å². The molecule has 0 atom stereocenters. The molecule has 0 unspecified atom stereocenters. The molecule has 68 valence electrons. The predicted octanol–water partition coefficient (Wildman–Crippen LogP) is 1.95. The zero-order valence-electron chi connectivity index (χ0n) is 6.80. The molecule has 0 saturated heterocycles. The average molecular weight is 182 g/mol. The van der Waals surface area contributed by atoms with Crippen LogP contribution in [0.15, 0.2) is 18.2 Å². The fourth-order valence-corrected chi connectivity index (χ4v) is 1.02. The topological polar surface area (TPSA) is 49.8 Å². The minimum Gasteiger partial charge on any atom is -0.326 e. The molecule has 0 fully saturated rings. The number of nitriles is 1. The lowest BCUT2D eigenvalue weighted by Gasteiger charge is -2.03.